The molecule has 100 valence electrons. The van der Waals surface area contributed by atoms with Gasteiger partial charge in [0.2, 0.25) is 0 Å². The molecule has 0 heterocycles. The van der Waals surface area contributed by atoms with Gasteiger partial charge in [-0.1, -0.05) is 12.0 Å². The maximum Gasteiger partial charge on any atom is 0.405 e. The van der Waals surface area contributed by atoms with E-state index in [4.69, 9.17) is 9.05 Å². The van der Waals surface area contributed by atoms with Crippen molar-refractivity contribution in [3.63, 3.8) is 0 Å². The Kier molecular flexibility index (Phi) is 6.35. The number of hydrogen-bond acceptors (Lipinski definition) is 4. The third-order valence-corrected chi connectivity index (χ3v) is 4.16. The molecule has 0 radical (unpaired) electrons. The zero-order valence-electron chi connectivity index (χ0n) is 10.8. The van der Waals surface area contributed by atoms with Gasteiger partial charge >= 0.3 is 7.60 Å². The number of carbonyl (C=O) groups excluding carboxylic acids is 1. The maximum atomic E-state index is 12.0. The van der Waals surface area contributed by atoms with Crippen LogP contribution < -0.4 is 0 Å². The second-order valence-corrected chi connectivity index (χ2v) is 5.64. The van der Waals surface area contributed by atoms with Crippen LogP contribution in [-0.2, 0) is 18.4 Å². The molecule has 0 spiro atoms. The van der Waals surface area contributed by atoms with Gasteiger partial charge in [-0.2, -0.15) is 0 Å². The fourth-order valence-electron chi connectivity index (χ4n) is 1.69. The van der Waals surface area contributed by atoms with Gasteiger partial charge in [-0.3, -0.25) is 13.8 Å². The summed E-state index contributed by atoms with van der Waals surface area (Å²) in [5.41, 5.74) is 2.55. The molecule has 0 fully saturated rings. The second-order valence-electron chi connectivity index (χ2n) is 3.90. The Morgan fingerprint density at radius 3 is 2.61 bits per heavy atom. The minimum Gasteiger partial charge on any atom is -0.300 e. The first-order chi connectivity index (χ1) is 8.61. The van der Waals surface area contributed by atoms with Crippen molar-refractivity contribution in [1.29, 1.82) is 0 Å². The molecule has 1 unspecified atom stereocenters. The fourth-order valence-corrected chi connectivity index (χ4v) is 2.85. The molecule has 5 heteroatoms. The van der Waals surface area contributed by atoms with Crippen molar-refractivity contribution >= 4 is 13.4 Å². The highest BCUT2D eigenvalue weighted by Crippen LogP contribution is 2.46. The molecule has 1 aliphatic rings. The molecule has 0 N–H and O–H groups in total. The Balaban J connectivity index is 2.60. The molecule has 0 amide bonds. The topological polar surface area (TPSA) is 52.6 Å². The molecule has 1 aliphatic carbocycles. The van der Waals surface area contributed by atoms with Crippen LogP contribution in [-0.4, -0.2) is 19.0 Å². The van der Waals surface area contributed by atoms with E-state index in [1.807, 2.05) is 6.08 Å². The van der Waals surface area contributed by atoms with Crippen molar-refractivity contribution < 1.29 is 18.4 Å². The van der Waals surface area contributed by atoms with Crippen LogP contribution in [0.2, 0.25) is 0 Å². The van der Waals surface area contributed by atoms with Gasteiger partial charge in [0.25, 0.3) is 0 Å². The zero-order valence-corrected chi connectivity index (χ0v) is 11.7. The van der Waals surface area contributed by atoms with E-state index < -0.39 is 7.60 Å². The van der Waals surface area contributed by atoms with E-state index in [-0.39, 0.29) is 24.9 Å². The summed E-state index contributed by atoms with van der Waals surface area (Å²) in [5, 5.41) is 0. The molecule has 0 bridgehead atoms. The van der Waals surface area contributed by atoms with Crippen molar-refractivity contribution in [1.82, 2.24) is 0 Å². The van der Waals surface area contributed by atoms with Gasteiger partial charge in [-0.05, 0) is 32.8 Å². The van der Waals surface area contributed by atoms with E-state index >= 15 is 0 Å². The zero-order chi connectivity index (χ0) is 13.4. The highest BCUT2D eigenvalue weighted by atomic mass is 31.2. The Hall–Kier alpha value is -0.880. The van der Waals surface area contributed by atoms with Crippen LogP contribution in [0.5, 0.6) is 0 Å². The largest absolute Gasteiger partial charge is 0.405 e. The molecule has 0 saturated heterocycles. The van der Waals surface area contributed by atoms with Gasteiger partial charge in [0.15, 0.2) is 5.78 Å². The van der Waals surface area contributed by atoms with Gasteiger partial charge in [0, 0.05) is 18.0 Å². The van der Waals surface area contributed by atoms with Gasteiger partial charge in [0.1, 0.15) is 0 Å². The summed E-state index contributed by atoms with van der Waals surface area (Å²) in [7, 11) is -3.30. The van der Waals surface area contributed by atoms with Gasteiger partial charge < -0.3 is 0 Å². The summed E-state index contributed by atoms with van der Waals surface area (Å²) in [6.07, 6.45) is 5.58. The Morgan fingerprint density at radius 1 is 1.39 bits per heavy atom. The molecule has 0 aliphatic heterocycles. The highest BCUT2D eigenvalue weighted by molar-refractivity contribution is 7.59. The van der Waals surface area contributed by atoms with E-state index in [1.165, 1.54) is 0 Å². The van der Waals surface area contributed by atoms with E-state index in [9.17, 15) is 9.36 Å². The molecule has 0 saturated carbocycles. The molecule has 4 nitrogen and oxygen atoms in total. The molecule has 1 atom stereocenters. The molecular formula is C13H19O4P. The number of carbonyl (C=O) groups is 1. The quantitative estimate of drug-likeness (QED) is 0.569. The van der Waals surface area contributed by atoms with E-state index in [2.05, 4.69) is 11.6 Å². The number of ketones is 1. The number of allylic oxidation sites excluding steroid dienone is 2. The van der Waals surface area contributed by atoms with Crippen LogP contribution in [0, 0.1) is 17.5 Å². The highest BCUT2D eigenvalue weighted by Gasteiger charge is 2.21. The lowest BCUT2D eigenvalue weighted by Crippen LogP contribution is -2.14. The minimum atomic E-state index is -3.30. The Bertz CT molecular complexity index is 406. The number of hydrogen-bond donors (Lipinski definition) is 0. The van der Waals surface area contributed by atoms with Crippen molar-refractivity contribution in [2.75, 3.05) is 13.2 Å². The summed E-state index contributed by atoms with van der Waals surface area (Å²) < 4.78 is 22.1. The SMILES string of the molecule is CCOP(=O)(C#CCC1CCC=CC1=O)OCC. The molecule has 0 aromatic carbocycles. The van der Waals surface area contributed by atoms with Crippen LogP contribution in [0.3, 0.4) is 0 Å². The minimum absolute atomic E-state index is 0.0841. The Labute approximate surface area is 108 Å². The van der Waals surface area contributed by atoms with Crippen LogP contribution in [0.15, 0.2) is 12.2 Å². The van der Waals surface area contributed by atoms with E-state index in [0.717, 1.165) is 12.8 Å². The smallest absolute Gasteiger partial charge is 0.300 e. The van der Waals surface area contributed by atoms with Gasteiger partial charge in [-0.25, -0.2) is 4.57 Å². The van der Waals surface area contributed by atoms with Gasteiger partial charge in [-0.15, -0.1) is 0 Å². The van der Waals surface area contributed by atoms with Crippen molar-refractivity contribution in [2.24, 2.45) is 5.92 Å². The third kappa shape index (κ3) is 4.78. The molecule has 0 aromatic heterocycles. The van der Waals surface area contributed by atoms with E-state index in [0.29, 0.717) is 6.42 Å². The van der Waals surface area contributed by atoms with E-state index in [1.54, 1.807) is 19.9 Å². The van der Waals surface area contributed by atoms with Crippen LogP contribution >= 0.6 is 7.60 Å². The number of rotatable bonds is 5. The second kappa shape index (κ2) is 7.53. The fraction of sp³-hybridized carbons (Fsp3) is 0.615. The molecule has 0 aromatic rings. The van der Waals surface area contributed by atoms with Crippen molar-refractivity contribution in [3.05, 3.63) is 12.2 Å². The predicted octanol–water partition coefficient (Wildman–Crippen LogP) is 3.14. The average molecular weight is 270 g/mol. The van der Waals surface area contributed by atoms with Crippen LogP contribution in [0.25, 0.3) is 0 Å². The first kappa shape index (κ1) is 15.2. The lowest BCUT2D eigenvalue weighted by Gasteiger charge is -2.13. The lowest BCUT2D eigenvalue weighted by molar-refractivity contribution is -0.118. The molecule has 18 heavy (non-hydrogen) atoms. The summed E-state index contributed by atoms with van der Waals surface area (Å²) in [4.78, 5) is 11.5. The first-order valence-corrected chi connectivity index (χ1v) is 7.75. The summed E-state index contributed by atoms with van der Waals surface area (Å²) in [6.45, 7) is 4.06. The maximum absolute atomic E-state index is 12.0. The summed E-state index contributed by atoms with van der Waals surface area (Å²) in [5.74, 6) is 2.79. The first-order valence-electron chi connectivity index (χ1n) is 6.21. The standard InChI is InChI=1S/C13H19O4P/c1-3-16-18(15,17-4-2)11-7-9-12-8-5-6-10-13(12)14/h6,10,12H,3-5,8-9H2,1-2H3. The van der Waals surface area contributed by atoms with Crippen LogP contribution in [0.1, 0.15) is 33.1 Å². The van der Waals surface area contributed by atoms with Crippen molar-refractivity contribution in [2.45, 2.75) is 33.1 Å². The molecular weight excluding hydrogens is 251 g/mol. The summed E-state index contributed by atoms with van der Waals surface area (Å²) in [6, 6.07) is 0. The Morgan fingerprint density at radius 2 is 2.06 bits per heavy atom. The van der Waals surface area contributed by atoms with Gasteiger partial charge in [0.05, 0.1) is 13.2 Å². The van der Waals surface area contributed by atoms with Crippen LogP contribution in [0.4, 0.5) is 0 Å². The monoisotopic (exact) mass is 270 g/mol. The average Bonchev–Trinajstić information content (AvgIpc) is 2.32. The molecule has 1 rings (SSSR count). The predicted molar refractivity (Wildman–Crippen MR) is 70.1 cm³/mol. The summed E-state index contributed by atoms with van der Waals surface area (Å²) >= 11 is 0. The normalized spacial score (nSPS) is 19.4. The lowest BCUT2D eigenvalue weighted by atomic mass is 9.91. The third-order valence-electron chi connectivity index (χ3n) is 2.53. The van der Waals surface area contributed by atoms with Crippen molar-refractivity contribution in [3.8, 4) is 11.6 Å².